The number of amides is 1. The fourth-order valence-corrected chi connectivity index (χ4v) is 6.67. The average molecular weight is 531 g/mol. The van der Waals surface area contributed by atoms with Gasteiger partial charge < -0.3 is 15.8 Å². The summed E-state index contributed by atoms with van der Waals surface area (Å²) in [5, 5.41) is 2.53. The molecule has 0 unspecified atom stereocenters. The molecule has 2 aromatic carbocycles. The standard InChI is InChI=1S/C21H22N2O6S3.ClH/c1-29-16-5-8-18(9-6-16)31(25,26)12-11-23-21(24)15-3-2-4-19(13-15)32(27,28)20-10-7-17(14-22)30-20;/h2-10,13H,11-12,14,22H2,1H3,(H,23,24);1H. The summed E-state index contributed by atoms with van der Waals surface area (Å²) >= 11 is 1.08. The maximum Gasteiger partial charge on any atom is 0.251 e. The minimum atomic E-state index is -3.79. The Balaban J connectivity index is 0.00000385. The molecule has 0 aliphatic rings. The van der Waals surface area contributed by atoms with Crippen LogP contribution in [0.3, 0.4) is 0 Å². The number of benzene rings is 2. The number of sulfone groups is 2. The van der Waals surface area contributed by atoms with E-state index in [2.05, 4.69) is 5.32 Å². The van der Waals surface area contributed by atoms with E-state index in [4.69, 9.17) is 10.5 Å². The molecule has 0 spiro atoms. The summed E-state index contributed by atoms with van der Waals surface area (Å²) in [7, 11) is -5.92. The molecule has 0 aliphatic carbocycles. The monoisotopic (exact) mass is 530 g/mol. The molecule has 8 nitrogen and oxygen atoms in total. The number of rotatable bonds is 9. The van der Waals surface area contributed by atoms with Crippen LogP contribution >= 0.6 is 23.7 Å². The molecule has 0 atom stereocenters. The Kier molecular flexibility index (Phi) is 9.04. The third-order valence-electron chi connectivity index (χ3n) is 4.58. The highest BCUT2D eigenvalue weighted by Crippen LogP contribution is 2.28. The minimum Gasteiger partial charge on any atom is -0.497 e. The van der Waals surface area contributed by atoms with E-state index in [0.717, 1.165) is 16.2 Å². The molecular weight excluding hydrogens is 508 g/mol. The number of hydrogen-bond acceptors (Lipinski definition) is 8. The van der Waals surface area contributed by atoms with Gasteiger partial charge in [-0.1, -0.05) is 6.07 Å². The highest BCUT2D eigenvalue weighted by atomic mass is 35.5. The molecule has 33 heavy (non-hydrogen) atoms. The zero-order valence-corrected chi connectivity index (χ0v) is 20.8. The molecule has 0 saturated heterocycles. The molecule has 0 bridgehead atoms. The number of methoxy groups -OCH3 is 1. The van der Waals surface area contributed by atoms with Gasteiger partial charge in [0.2, 0.25) is 9.84 Å². The van der Waals surface area contributed by atoms with E-state index < -0.39 is 25.6 Å². The lowest BCUT2D eigenvalue weighted by molar-refractivity contribution is 0.0956. The number of hydrogen-bond donors (Lipinski definition) is 2. The molecule has 3 rings (SSSR count). The molecule has 3 aromatic rings. The normalized spacial score (nSPS) is 11.5. The predicted octanol–water partition coefficient (Wildman–Crippen LogP) is 2.67. The topological polar surface area (TPSA) is 133 Å². The van der Waals surface area contributed by atoms with Crippen molar-refractivity contribution in [2.45, 2.75) is 20.5 Å². The van der Waals surface area contributed by atoms with Crippen LogP contribution in [0.2, 0.25) is 0 Å². The van der Waals surface area contributed by atoms with Crippen LogP contribution in [0.4, 0.5) is 0 Å². The molecule has 1 aromatic heterocycles. The summed E-state index contributed by atoms with van der Waals surface area (Å²) in [5.41, 5.74) is 5.66. The summed E-state index contributed by atoms with van der Waals surface area (Å²) in [4.78, 5) is 13.3. The van der Waals surface area contributed by atoms with E-state index in [1.165, 1.54) is 49.6 Å². The number of nitrogens with one attached hydrogen (secondary N) is 1. The maximum atomic E-state index is 12.8. The van der Waals surface area contributed by atoms with E-state index in [1.54, 1.807) is 18.2 Å². The smallest absolute Gasteiger partial charge is 0.251 e. The van der Waals surface area contributed by atoms with Crippen molar-refractivity contribution in [1.29, 1.82) is 0 Å². The van der Waals surface area contributed by atoms with Crippen LogP contribution in [-0.4, -0.2) is 42.2 Å². The van der Waals surface area contributed by atoms with E-state index in [-0.39, 0.29) is 50.8 Å². The van der Waals surface area contributed by atoms with Crippen LogP contribution in [0.1, 0.15) is 15.2 Å². The highest BCUT2D eigenvalue weighted by molar-refractivity contribution is 7.93. The molecule has 1 amide bonds. The van der Waals surface area contributed by atoms with Crippen LogP contribution in [-0.2, 0) is 26.2 Å². The number of carbonyl (C=O) groups is 1. The van der Waals surface area contributed by atoms with Crippen LogP contribution in [0.5, 0.6) is 5.75 Å². The Bertz CT molecular complexity index is 1320. The van der Waals surface area contributed by atoms with Gasteiger partial charge in [-0.15, -0.1) is 23.7 Å². The zero-order valence-electron chi connectivity index (χ0n) is 17.6. The lowest BCUT2D eigenvalue weighted by Crippen LogP contribution is -2.29. The molecule has 0 fully saturated rings. The average Bonchev–Trinajstić information content (AvgIpc) is 3.29. The molecule has 1 heterocycles. The number of nitrogens with two attached hydrogens (primary N) is 1. The molecule has 0 saturated carbocycles. The Morgan fingerprint density at radius 2 is 1.70 bits per heavy atom. The fraction of sp³-hybridized carbons (Fsp3) is 0.190. The summed E-state index contributed by atoms with van der Waals surface area (Å²) < 4.78 is 55.7. The molecular formula is C21H23ClN2O6S3. The molecule has 0 radical (unpaired) electrons. The van der Waals surface area contributed by atoms with Gasteiger partial charge in [-0.3, -0.25) is 4.79 Å². The SMILES string of the molecule is COc1ccc(S(=O)(=O)CCNC(=O)c2cccc(S(=O)(=O)c3ccc(CN)s3)c2)cc1.Cl. The third kappa shape index (κ3) is 6.33. The van der Waals surface area contributed by atoms with Gasteiger partial charge in [0.1, 0.15) is 9.96 Å². The number of halogens is 1. The second-order valence-corrected chi connectivity index (χ2v) is 12.2. The zero-order chi connectivity index (χ0) is 23.4. The number of thiophene rings is 1. The minimum absolute atomic E-state index is 0. The predicted molar refractivity (Wildman–Crippen MR) is 129 cm³/mol. The molecule has 3 N–H and O–H groups in total. The summed E-state index contributed by atoms with van der Waals surface area (Å²) in [6.07, 6.45) is 0. The van der Waals surface area contributed by atoms with Gasteiger partial charge in [-0.05, 0) is 54.6 Å². The van der Waals surface area contributed by atoms with Gasteiger partial charge in [0.05, 0.1) is 22.7 Å². The fourth-order valence-electron chi connectivity index (χ4n) is 2.83. The van der Waals surface area contributed by atoms with Crippen LogP contribution in [0.15, 0.2) is 74.7 Å². The first kappa shape index (κ1) is 26.8. The van der Waals surface area contributed by atoms with Crippen molar-refractivity contribution < 1.29 is 26.4 Å². The Morgan fingerprint density at radius 1 is 1.00 bits per heavy atom. The number of carbonyl (C=O) groups excluding carboxylic acids is 1. The van der Waals surface area contributed by atoms with Crippen LogP contribution < -0.4 is 15.8 Å². The molecule has 0 aliphatic heterocycles. The number of ether oxygens (including phenoxy) is 1. The lowest BCUT2D eigenvalue weighted by atomic mass is 10.2. The quantitative estimate of drug-likeness (QED) is 0.434. The third-order valence-corrected chi connectivity index (χ3v) is 9.67. The summed E-state index contributed by atoms with van der Waals surface area (Å²) in [6, 6.07) is 14.7. The van der Waals surface area contributed by atoms with E-state index in [1.807, 2.05) is 0 Å². The van der Waals surface area contributed by atoms with Crippen molar-refractivity contribution in [3.8, 4) is 5.75 Å². The highest BCUT2D eigenvalue weighted by Gasteiger charge is 2.21. The Morgan fingerprint density at radius 3 is 2.30 bits per heavy atom. The summed E-state index contributed by atoms with van der Waals surface area (Å²) in [6.45, 7) is 0.108. The first-order valence-corrected chi connectivity index (χ1v) is 13.4. The van der Waals surface area contributed by atoms with Gasteiger partial charge in [-0.2, -0.15) is 0 Å². The lowest BCUT2D eigenvalue weighted by Gasteiger charge is -2.09. The molecule has 12 heteroatoms. The van der Waals surface area contributed by atoms with E-state index >= 15 is 0 Å². The van der Waals surface area contributed by atoms with Crippen LogP contribution in [0.25, 0.3) is 0 Å². The summed E-state index contributed by atoms with van der Waals surface area (Å²) in [5.74, 6) is -0.338. The van der Waals surface area contributed by atoms with Crippen molar-refractivity contribution in [2.75, 3.05) is 19.4 Å². The van der Waals surface area contributed by atoms with Crippen molar-refractivity contribution in [1.82, 2.24) is 5.32 Å². The second kappa shape index (κ2) is 11.1. The van der Waals surface area contributed by atoms with Crippen molar-refractivity contribution >= 4 is 49.3 Å². The van der Waals surface area contributed by atoms with Gasteiger partial charge in [-0.25, -0.2) is 16.8 Å². The van der Waals surface area contributed by atoms with Crippen molar-refractivity contribution in [2.24, 2.45) is 5.73 Å². The second-order valence-electron chi connectivity index (χ2n) is 6.71. The first-order chi connectivity index (χ1) is 15.2. The van der Waals surface area contributed by atoms with Gasteiger partial charge >= 0.3 is 0 Å². The first-order valence-electron chi connectivity index (χ1n) is 9.46. The van der Waals surface area contributed by atoms with E-state index in [0.29, 0.717) is 5.75 Å². The van der Waals surface area contributed by atoms with Crippen molar-refractivity contribution in [3.05, 3.63) is 71.1 Å². The Labute approximate surface area is 203 Å². The molecule has 178 valence electrons. The largest absolute Gasteiger partial charge is 0.497 e. The van der Waals surface area contributed by atoms with Gasteiger partial charge in [0, 0.05) is 23.5 Å². The van der Waals surface area contributed by atoms with Crippen molar-refractivity contribution in [3.63, 3.8) is 0 Å². The maximum absolute atomic E-state index is 12.8. The Hall–Kier alpha value is -2.44. The van der Waals surface area contributed by atoms with E-state index in [9.17, 15) is 21.6 Å². The van der Waals surface area contributed by atoms with Crippen LogP contribution in [0, 0.1) is 0 Å². The van der Waals surface area contributed by atoms with Gasteiger partial charge in [0.15, 0.2) is 9.84 Å². The van der Waals surface area contributed by atoms with Gasteiger partial charge in [0.25, 0.3) is 5.91 Å².